The Morgan fingerprint density at radius 3 is 2.55 bits per heavy atom. The fourth-order valence-electron chi connectivity index (χ4n) is 3.23. The lowest BCUT2D eigenvalue weighted by atomic mass is 10.0. The molecule has 154 valence electrons. The molecule has 0 N–H and O–H groups in total. The van der Waals surface area contributed by atoms with E-state index in [0.717, 1.165) is 25.0 Å². The van der Waals surface area contributed by atoms with Crippen molar-refractivity contribution in [1.82, 2.24) is 4.31 Å². The van der Waals surface area contributed by atoms with Gasteiger partial charge in [-0.2, -0.15) is 4.31 Å². The molecule has 1 heterocycles. The summed E-state index contributed by atoms with van der Waals surface area (Å²) in [5.74, 6) is -1.47. The van der Waals surface area contributed by atoms with E-state index in [2.05, 4.69) is 0 Å². The van der Waals surface area contributed by atoms with Crippen LogP contribution in [0.2, 0.25) is 0 Å². The fourth-order valence-corrected chi connectivity index (χ4v) is 4.88. The average Bonchev–Trinajstić information content (AvgIpc) is 2.72. The van der Waals surface area contributed by atoms with Crippen molar-refractivity contribution >= 4 is 21.8 Å². The molecule has 2 aromatic carbocycles. The molecule has 1 fully saturated rings. The zero-order valence-electron chi connectivity index (χ0n) is 16.0. The van der Waals surface area contributed by atoms with Crippen molar-refractivity contribution in [1.29, 1.82) is 0 Å². The molecule has 1 unspecified atom stereocenters. The molecule has 3 rings (SSSR count). The van der Waals surface area contributed by atoms with E-state index in [-0.39, 0.29) is 21.9 Å². The molecule has 2 aromatic rings. The standard InChI is InChI=1S/C21H22FNO5S/c1-15-4-3-11-23(13-15)29(26,27)19-6-2-5-17(12-19)21(25)28-14-20(24)16-7-9-18(22)10-8-16/h2,5-10,12,15H,3-4,11,13-14H2,1H3. The molecule has 1 saturated heterocycles. The summed E-state index contributed by atoms with van der Waals surface area (Å²) in [5, 5.41) is 0. The fraction of sp³-hybridized carbons (Fsp3) is 0.333. The van der Waals surface area contributed by atoms with Gasteiger partial charge in [0.2, 0.25) is 10.0 Å². The van der Waals surface area contributed by atoms with Crippen LogP contribution in [0.4, 0.5) is 4.39 Å². The molecule has 0 amide bonds. The molecule has 0 bridgehead atoms. The molecular formula is C21H22FNO5S. The maximum absolute atomic E-state index is 12.9. The van der Waals surface area contributed by atoms with E-state index < -0.39 is 34.2 Å². The first-order valence-electron chi connectivity index (χ1n) is 9.33. The molecule has 0 radical (unpaired) electrons. The Hall–Kier alpha value is -2.58. The maximum atomic E-state index is 12.9. The highest BCUT2D eigenvalue weighted by molar-refractivity contribution is 7.89. The summed E-state index contributed by atoms with van der Waals surface area (Å²) in [6, 6.07) is 10.5. The second-order valence-corrected chi connectivity index (χ2v) is 9.08. The van der Waals surface area contributed by atoms with E-state index >= 15 is 0 Å². The van der Waals surface area contributed by atoms with Crippen LogP contribution in [0.25, 0.3) is 0 Å². The van der Waals surface area contributed by atoms with Gasteiger partial charge in [-0.05, 0) is 61.2 Å². The lowest BCUT2D eigenvalue weighted by molar-refractivity contribution is 0.0474. The molecule has 8 heteroatoms. The second kappa shape index (κ2) is 8.84. The van der Waals surface area contributed by atoms with Crippen LogP contribution in [-0.4, -0.2) is 44.2 Å². The third-order valence-electron chi connectivity index (χ3n) is 4.83. The van der Waals surface area contributed by atoms with Crippen LogP contribution >= 0.6 is 0 Å². The van der Waals surface area contributed by atoms with Gasteiger partial charge in [-0.1, -0.05) is 13.0 Å². The van der Waals surface area contributed by atoms with Gasteiger partial charge in [0.1, 0.15) is 5.82 Å². The van der Waals surface area contributed by atoms with Crippen molar-refractivity contribution in [3.63, 3.8) is 0 Å². The summed E-state index contributed by atoms with van der Waals surface area (Å²) in [6.45, 7) is 2.38. The van der Waals surface area contributed by atoms with E-state index in [1.165, 1.54) is 40.7 Å². The Labute approximate surface area is 169 Å². The number of sulfonamides is 1. The van der Waals surface area contributed by atoms with Crippen LogP contribution in [0.15, 0.2) is 53.4 Å². The van der Waals surface area contributed by atoms with Gasteiger partial charge >= 0.3 is 5.97 Å². The number of esters is 1. The maximum Gasteiger partial charge on any atom is 0.338 e. The van der Waals surface area contributed by atoms with Crippen molar-refractivity contribution in [2.24, 2.45) is 5.92 Å². The highest BCUT2D eigenvalue weighted by Gasteiger charge is 2.29. The van der Waals surface area contributed by atoms with Gasteiger partial charge in [-0.25, -0.2) is 17.6 Å². The number of Topliss-reactive ketones (excluding diaryl/α,β-unsaturated/α-hetero) is 1. The van der Waals surface area contributed by atoms with Gasteiger partial charge in [0.05, 0.1) is 10.5 Å². The number of ketones is 1. The topological polar surface area (TPSA) is 80.8 Å². The van der Waals surface area contributed by atoms with Gasteiger partial charge in [0, 0.05) is 18.7 Å². The van der Waals surface area contributed by atoms with Gasteiger partial charge < -0.3 is 4.74 Å². The Morgan fingerprint density at radius 2 is 1.86 bits per heavy atom. The molecule has 0 aromatic heterocycles. The SMILES string of the molecule is CC1CCCN(S(=O)(=O)c2cccc(C(=O)OCC(=O)c3ccc(F)cc3)c2)C1. The van der Waals surface area contributed by atoms with Crippen LogP contribution in [0.3, 0.4) is 0 Å². The lowest BCUT2D eigenvalue weighted by Gasteiger charge is -2.30. The van der Waals surface area contributed by atoms with Crippen molar-refractivity contribution in [3.05, 3.63) is 65.5 Å². The van der Waals surface area contributed by atoms with E-state index in [1.807, 2.05) is 6.92 Å². The van der Waals surface area contributed by atoms with Gasteiger partial charge in [-0.15, -0.1) is 0 Å². The summed E-state index contributed by atoms with van der Waals surface area (Å²) < 4.78 is 45.1. The number of piperidine rings is 1. The van der Waals surface area contributed by atoms with Crippen molar-refractivity contribution in [2.75, 3.05) is 19.7 Å². The lowest BCUT2D eigenvalue weighted by Crippen LogP contribution is -2.39. The van der Waals surface area contributed by atoms with Crippen LogP contribution < -0.4 is 0 Å². The number of hydrogen-bond donors (Lipinski definition) is 0. The zero-order valence-corrected chi connectivity index (χ0v) is 16.8. The largest absolute Gasteiger partial charge is 0.454 e. The number of carbonyl (C=O) groups excluding carboxylic acids is 2. The molecular weight excluding hydrogens is 397 g/mol. The van der Waals surface area contributed by atoms with Gasteiger partial charge in [0.25, 0.3) is 0 Å². The van der Waals surface area contributed by atoms with Crippen molar-refractivity contribution in [2.45, 2.75) is 24.7 Å². The van der Waals surface area contributed by atoms with Crippen LogP contribution in [0, 0.1) is 11.7 Å². The highest BCUT2D eigenvalue weighted by atomic mass is 32.2. The Kier molecular flexibility index (Phi) is 6.44. The number of nitrogens with zero attached hydrogens (tertiary/aromatic N) is 1. The zero-order chi connectivity index (χ0) is 21.0. The normalized spacial score (nSPS) is 17.7. The first-order valence-corrected chi connectivity index (χ1v) is 10.8. The van der Waals surface area contributed by atoms with E-state index in [0.29, 0.717) is 13.1 Å². The summed E-state index contributed by atoms with van der Waals surface area (Å²) in [6.07, 6.45) is 1.79. The molecule has 0 spiro atoms. The van der Waals surface area contributed by atoms with Gasteiger partial charge in [0.15, 0.2) is 12.4 Å². The predicted molar refractivity (Wildman–Crippen MR) is 105 cm³/mol. The van der Waals surface area contributed by atoms with Crippen LogP contribution in [-0.2, 0) is 14.8 Å². The smallest absolute Gasteiger partial charge is 0.338 e. The van der Waals surface area contributed by atoms with Crippen LogP contribution in [0.1, 0.15) is 40.5 Å². The number of carbonyl (C=O) groups is 2. The molecule has 6 nitrogen and oxygen atoms in total. The minimum Gasteiger partial charge on any atom is -0.454 e. The molecule has 1 aliphatic rings. The van der Waals surface area contributed by atoms with Gasteiger partial charge in [-0.3, -0.25) is 4.79 Å². The monoisotopic (exact) mass is 419 g/mol. The van der Waals surface area contributed by atoms with Crippen LogP contribution in [0.5, 0.6) is 0 Å². The summed E-state index contributed by atoms with van der Waals surface area (Å²) >= 11 is 0. The van der Waals surface area contributed by atoms with Crippen molar-refractivity contribution < 1.29 is 27.1 Å². The number of halogens is 1. The minimum absolute atomic E-state index is 0.0194. The predicted octanol–water partition coefficient (Wildman–Crippen LogP) is 3.29. The molecule has 0 aliphatic carbocycles. The third-order valence-corrected chi connectivity index (χ3v) is 6.69. The number of hydrogen-bond acceptors (Lipinski definition) is 5. The summed E-state index contributed by atoms with van der Waals surface area (Å²) in [7, 11) is -3.71. The Morgan fingerprint density at radius 1 is 1.14 bits per heavy atom. The molecule has 1 aliphatic heterocycles. The second-order valence-electron chi connectivity index (χ2n) is 7.14. The van der Waals surface area contributed by atoms with E-state index in [9.17, 15) is 22.4 Å². The molecule has 1 atom stereocenters. The van der Waals surface area contributed by atoms with E-state index in [4.69, 9.17) is 4.74 Å². The first kappa shape index (κ1) is 21.1. The summed E-state index contributed by atoms with van der Waals surface area (Å²) in [4.78, 5) is 24.4. The average molecular weight is 419 g/mol. The third kappa shape index (κ3) is 5.07. The summed E-state index contributed by atoms with van der Waals surface area (Å²) in [5.41, 5.74) is 0.262. The first-order chi connectivity index (χ1) is 13.8. The minimum atomic E-state index is -3.71. The highest BCUT2D eigenvalue weighted by Crippen LogP contribution is 2.24. The van der Waals surface area contributed by atoms with E-state index in [1.54, 1.807) is 0 Å². The molecule has 0 saturated carbocycles. The number of benzene rings is 2. The number of rotatable bonds is 6. The van der Waals surface area contributed by atoms with Crippen molar-refractivity contribution in [3.8, 4) is 0 Å². The quantitative estimate of drug-likeness (QED) is 0.530. The number of ether oxygens (including phenoxy) is 1. The Bertz CT molecular complexity index is 1000. The Balaban J connectivity index is 1.69. The molecule has 29 heavy (non-hydrogen) atoms.